The molecule has 1 aliphatic rings. The standard InChI is InChI=1S/C13H26N2O/c1-10(6-4-7-11(2)14)13(16)15(3)12-8-5-9-12/h10-12H,4-9,14H2,1-3H3. The van der Waals surface area contributed by atoms with Crippen LogP contribution in [-0.4, -0.2) is 29.9 Å². The van der Waals surface area contributed by atoms with Gasteiger partial charge in [-0.25, -0.2) is 0 Å². The fourth-order valence-corrected chi connectivity index (χ4v) is 2.17. The minimum Gasteiger partial charge on any atom is -0.343 e. The summed E-state index contributed by atoms with van der Waals surface area (Å²) in [5.41, 5.74) is 5.70. The van der Waals surface area contributed by atoms with Gasteiger partial charge >= 0.3 is 0 Å². The van der Waals surface area contributed by atoms with Gasteiger partial charge in [0.05, 0.1) is 0 Å². The lowest BCUT2D eigenvalue weighted by Crippen LogP contribution is -2.43. The molecular formula is C13H26N2O. The molecule has 0 aromatic rings. The van der Waals surface area contributed by atoms with E-state index in [2.05, 4.69) is 0 Å². The molecule has 2 N–H and O–H groups in total. The van der Waals surface area contributed by atoms with Crippen molar-refractivity contribution < 1.29 is 4.79 Å². The smallest absolute Gasteiger partial charge is 0.225 e. The molecule has 2 unspecified atom stereocenters. The predicted molar refractivity (Wildman–Crippen MR) is 67.1 cm³/mol. The van der Waals surface area contributed by atoms with Crippen molar-refractivity contribution in [2.45, 2.75) is 64.5 Å². The zero-order chi connectivity index (χ0) is 12.1. The molecule has 0 radical (unpaired) electrons. The van der Waals surface area contributed by atoms with Gasteiger partial charge in [-0.3, -0.25) is 4.79 Å². The largest absolute Gasteiger partial charge is 0.343 e. The minimum atomic E-state index is 0.157. The highest BCUT2D eigenvalue weighted by Crippen LogP contribution is 2.25. The van der Waals surface area contributed by atoms with E-state index in [1.54, 1.807) is 0 Å². The van der Waals surface area contributed by atoms with Gasteiger partial charge in [-0.1, -0.05) is 13.3 Å². The molecule has 1 aliphatic carbocycles. The SMILES string of the molecule is CC(N)CCCC(C)C(=O)N(C)C1CCC1. The van der Waals surface area contributed by atoms with Gasteiger partial charge in [-0.15, -0.1) is 0 Å². The third-order valence-corrected chi connectivity index (χ3v) is 3.69. The Balaban J connectivity index is 2.23. The van der Waals surface area contributed by atoms with E-state index in [9.17, 15) is 4.79 Å². The summed E-state index contributed by atoms with van der Waals surface area (Å²) < 4.78 is 0. The van der Waals surface area contributed by atoms with Crippen LogP contribution in [0, 0.1) is 5.92 Å². The Morgan fingerprint density at radius 2 is 2.00 bits per heavy atom. The van der Waals surface area contributed by atoms with Crippen LogP contribution < -0.4 is 5.73 Å². The quantitative estimate of drug-likeness (QED) is 0.754. The summed E-state index contributed by atoms with van der Waals surface area (Å²) in [6.45, 7) is 4.06. The molecule has 0 spiro atoms. The molecule has 0 heterocycles. The van der Waals surface area contributed by atoms with Crippen molar-refractivity contribution in [3.8, 4) is 0 Å². The van der Waals surface area contributed by atoms with E-state index in [1.165, 1.54) is 19.3 Å². The number of carbonyl (C=O) groups is 1. The van der Waals surface area contributed by atoms with Crippen LogP contribution in [0.3, 0.4) is 0 Å². The number of rotatable bonds is 6. The number of hydrogen-bond acceptors (Lipinski definition) is 2. The molecule has 1 amide bonds. The number of carbonyl (C=O) groups excluding carboxylic acids is 1. The van der Waals surface area contributed by atoms with Gasteiger partial charge in [0.1, 0.15) is 0 Å². The maximum absolute atomic E-state index is 12.0. The van der Waals surface area contributed by atoms with E-state index in [1.807, 2.05) is 25.8 Å². The van der Waals surface area contributed by atoms with Crippen molar-refractivity contribution in [2.24, 2.45) is 11.7 Å². The van der Waals surface area contributed by atoms with Crippen LogP contribution in [0.2, 0.25) is 0 Å². The van der Waals surface area contributed by atoms with Crippen molar-refractivity contribution >= 4 is 5.91 Å². The van der Waals surface area contributed by atoms with Crippen LogP contribution in [0.1, 0.15) is 52.4 Å². The molecule has 1 rings (SSSR count). The summed E-state index contributed by atoms with van der Waals surface area (Å²) in [7, 11) is 1.95. The second kappa shape index (κ2) is 6.24. The molecular weight excluding hydrogens is 200 g/mol. The molecule has 0 saturated heterocycles. The Morgan fingerprint density at radius 1 is 1.38 bits per heavy atom. The van der Waals surface area contributed by atoms with Crippen LogP contribution in [-0.2, 0) is 4.79 Å². The molecule has 94 valence electrons. The molecule has 0 aromatic heterocycles. The molecule has 0 aliphatic heterocycles. The number of amides is 1. The third kappa shape index (κ3) is 3.78. The van der Waals surface area contributed by atoms with Crippen LogP contribution in [0.4, 0.5) is 0 Å². The van der Waals surface area contributed by atoms with E-state index < -0.39 is 0 Å². The second-order valence-electron chi connectivity index (χ2n) is 5.34. The first kappa shape index (κ1) is 13.5. The number of nitrogens with zero attached hydrogens (tertiary/aromatic N) is 1. The molecule has 0 bridgehead atoms. The zero-order valence-corrected chi connectivity index (χ0v) is 10.9. The normalized spacial score (nSPS) is 20.0. The minimum absolute atomic E-state index is 0.157. The first-order valence-corrected chi connectivity index (χ1v) is 6.54. The molecule has 16 heavy (non-hydrogen) atoms. The van der Waals surface area contributed by atoms with Crippen LogP contribution in [0.15, 0.2) is 0 Å². The van der Waals surface area contributed by atoms with Crippen molar-refractivity contribution in [3.63, 3.8) is 0 Å². The van der Waals surface area contributed by atoms with Gasteiger partial charge in [-0.05, 0) is 39.0 Å². The van der Waals surface area contributed by atoms with Gasteiger partial charge in [0.15, 0.2) is 0 Å². The number of nitrogens with two attached hydrogens (primary N) is 1. The lowest BCUT2D eigenvalue weighted by Gasteiger charge is -2.36. The fourth-order valence-electron chi connectivity index (χ4n) is 2.17. The summed E-state index contributed by atoms with van der Waals surface area (Å²) in [6.07, 6.45) is 6.70. The van der Waals surface area contributed by atoms with Crippen molar-refractivity contribution in [3.05, 3.63) is 0 Å². The van der Waals surface area contributed by atoms with Crippen molar-refractivity contribution in [1.82, 2.24) is 4.90 Å². The molecule has 1 saturated carbocycles. The van der Waals surface area contributed by atoms with Gasteiger partial charge in [-0.2, -0.15) is 0 Å². The Hall–Kier alpha value is -0.570. The molecule has 2 atom stereocenters. The van der Waals surface area contributed by atoms with Crippen LogP contribution >= 0.6 is 0 Å². The van der Waals surface area contributed by atoms with Gasteiger partial charge in [0.25, 0.3) is 0 Å². The van der Waals surface area contributed by atoms with Crippen LogP contribution in [0.25, 0.3) is 0 Å². The fraction of sp³-hybridized carbons (Fsp3) is 0.923. The predicted octanol–water partition coefficient (Wildman–Crippen LogP) is 2.15. The maximum atomic E-state index is 12.0. The highest BCUT2D eigenvalue weighted by molar-refractivity contribution is 5.78. The molecule has 3 heteroatoms. The third-order valence-electron chi connectivity index (χ3n) is 3.69. The second-order valence-corrected chi connectivity index (χ2v) is 5.34. The number of hydrogen-bond donors (Lipinski definition) is 1. The summed E-state index contributed by atoms with van der Waals surface area (Å²) in [4.78, 5) is 14.0. The Bertz CT molecular complexity index is 224. The van der Waals surface area contributed by atoms with Crippen molar-refractivity contribution in [2.75, 3.05) is 7.05 Å². The Labute approximate surface area is 99.4 Å². The maximum Gasteiger partial charge on any atom is 0.225 e. The average Bonchev–Trinajstić information content (AvgIpc) is 2.13. The van der Waals surface area contributed by atoms with Gasteiger partial charge in [0.2, 0.25) is 5.91 Å². The van der Waals surface area contributed by atoms with Crippen LogP contribution in [0.5, 0.6) is 0 Å². The molecule has 0 aromatic carbocycles. The molecule has 1 fully saturated rings. The highest BCUT2D eigenvalue weighted by atomic mass is 16.2. The van der Waals surface area contributed by atoms with E-state index in [4.69, 9.17) is 5.73 Å². The van der Waals surface area contributed by atoms with E-state index in [0.29, 0.717) is 11.9 Å². The lowest BCUT2D eigenvalue weighted by molar-refractivity contribution is -0.137. The first-order chi connectivity index (χ1) is 7.52. The summed E-state index contributed by atoms with van der Waals surface area (Å²) in [6, 6.07) is 0.773. The van der Waals surface area contributed by atoms with Crippen molar-refractivity contribution in [1.29, 1.82) is 0 Å². The zero-order valence-electron chi connectivity index (χ0n) is 10.9. The van der Waals surface area contributed by atoms with E-state index in [0.717, 1.165) is 19.3 Å². The highest BCUT2D eigenvalue weighted by Gasteiger charge is 2.27. The summed E-state index contributed by atoms with van der Waals surface area (Å²) in [5.74, 6) is 0.471. The summed E-state index contributed by atoms with van der Waals surface area (Å²) in [5, 5.41) is 0. The topological polar surface area (TPSA) is 46.3 Å². The van der Waals surface area contributed by atoms with Gasteiger partial charge in [0, 0.05) is 25.0 Å². The Kier molecular flexibility index (Phi) is 5.26. The monoisotopic (exact) mass is 226 g/mol. The van der Waals surface area contributed by atoms with E-state index in [-0.39, 0.29) is 12.0 Å². The van der Waals surface area contributed by atoms with Gasteiger partial charge < -0.3 is 10.6 Å². The van der Waals surface area contributed by atoms with E-state index >= 15 is 0 Å². The Morgan fingerprint density at radius 3 is 2.44 bits per heavy atom. The average molecular weight is 226 g/mol. The first-order valence-electron chi connectivity index (χ1n) is 6.54. The lowest BCUT2D eigenvalue weighted by atomic mass is 9.90. The summed E-state index contributed by atoms with van der Waals surface area (Å²) >= 11 is 0. The molecule has 3 nitrogen and oxygen atoms in total.